The second kappa shape index (κ2) is 5.01. The van der Waals surface area contributed by atoms with E-state index < -0.39 is 11.6 Å². The summed E-state index contributed by atoms with van der Waals surface area (Å²) in [5.41, 5.74) is -0.107. The van der Waals surface area contributed by atoms with Gasteiger partial charge in [-0.1, -0.05) is 30.7 Å². The van der Waals surface area contributed by atoms with Crippen LogP contribution in [-0.4, -0.2) is 28.7 Å². The Hall–Kier alpha value is -1.88. The predicted octanol–water partition coefficient (Wildman–Crippen LogP) is 2.39. The highest BCUT2D eigenvalue weighted by atomic mass is 35.5. The molecule has 0 spiro atoms. The lowest BCUT2D eigenvalue weighted by atomic mass is 10.00. The Labute approximate surface area is 116 Å². The smallest absolute Gasteiger partial charge is 0.322 e. The molecule has 1 atom stereocenters. The zero-order valence-corrected chi connectivity index (χ0v) is 11.4. The third-order valence-electron chi connectivity index (χ3n) is 3.14. The molecule has 1 heterocycles. The lowest BCUT2D eigenvalue weighted by Crippen LogP contribution is -2.42. The van der Waals surface area contributed by atoms with Crippen LogP contribution in [0.3, 0.4) is 0 Å². The summed E-state index contributed by atoms with van der Waals surface area (Å²) in [5.74, 6) is -0.342. The molecule has 19 heavy (non-hydrogen) atoms. The molecule has 0 aliphatic carbocycles. The van der Waals surface area contributed by atoms with Crippen LogP contribution >= 0.6 is 11.6 Å². The molecule has 0 bridgehead atoms. The van der Waals surface area contributed by atoms with Gasteiger partial charge in [-0.25, -0.2) is 4.79 Å². The highest BCUT2D eigenvalue weighted by Crippen LogP contribution is 2.20. The van der Waals surface area contributed by atoms with Gasteiger partial charge in [-0.15, -0.1) is 5.01 Å². The SMILES string of the molecule is CC[C@]1(C)NC(=O)N(/N=C\c2ccc(Cl)cc2)C1=O. The molecule has 6 heteroatoms. The molecule has 1 aliphatic rings. The maximum absolute atomic E-state index is 12.1. The summed E-state index contributed by atoms with van der Waals surface area (Å²) in [6, 6.07) is 6.43. The van der Waals surface area contributed by atoms with Crippen molar-refractivity contribution in [1.29, 1.82) is 0 Å². The number of benzene rings is 1. The van der Waals surface area contributed by atoms with Gasteiger partial charge in [0.25, 0.3) is 5.91 Å². The van der Waals surface area contributed by atoms with E-state index >= 15 is 0 Å². The van der Waals surface area contributed by atoms with Gasteiger partial charge in [0.15, 0.2) is 0 Å². The normalized spacial score (nSPS) is 23.2. The summed E-state index contributed by atoms with van der Waals surface area (Å²) in [7, 11) is 0. The minimum atomic E-state index is -0.867. The summed E-state index contributed by atoms with van der Waals surface area (Å²) < 4.78 is 0. The Morgan fingerprint density at radius 1 is 1.37 bits per heavy atom. The van der Waals surface area contributed by atoms with Gasteiger partial charge < -0.3 is 5.32 Å². The van der Waals surface area contributed by atoms with Gasteiger partial charge in [0.2, 0.25) is 0 Å². The third-order valence-corrected chi connectivity index (χ3v) is 3.39. The quantitative estimate of drug-likeness (QED) is 0.682. The Morgan fingerprint density at radius 2 is 2.00 bits per heavy atom. The minimum Gasteiger partial charge on any atom is -0.322 e. The number of amides is 3. The molecule has 0 radical (unpaired) electrons. The maximum Gasteiger partial charge on any atom is 0.346 e. The Kier molecular flexibility index (Phi) is 3.57. The van der Waals surface area contributed by atoms with Crippen molar-refractivity contribution in [3.63, 3.8) is 0 Å². The first-order chi connectivity index (χ1) is 8.96. The molecule has 2 rings (SSSR count). The van der Waals surface area contributed by atoms with Crippen molar-refractivity contribution in [1.82, 2.24) is 10.3 Å². The molecule has 1 aliphatic heterocycles. The van der Waals surface area contributed by atoms with E-state index in [4.69, 9.17) is 11.6 Å². The Morgan fingerprint density at radius 3 is 2.53 bits per heavy atom. The molecule has 1 aromatic rings. The summed E-state index contributed by atoms with van der Waals surface area (Å²) >= 11 is 5.77. The minimum absolute atomic E-state index is 0.342. The number of rotatable bonds is 3. The van der Waals surface area contributed by atoms with Gasteiger partial charge in [0, 0.05) is 5.02 Å². The summed E-state index contributed by atoms with van der Waals surface area (Å²) in [6.07, 6.45) is 1.97. The molecule has 5 nitrogen and oxygen atoms in total. The summed E-state index contributed by atoms with van der Waals surface area (Å²) in [4.78, 5) is 23.7. The number of hydrogen-bond donors (Lipinski definition) is 1. The number of urea groups is 1. The maximum atomic E-state index is 12.1. The van der Waals surface area contributed by atoms with Crippen LogP contribution in [0.15, 0.2) is 29.4 Å². The number of carbonyl (C=O) groups excluding carboxylic acids is 2. The number of nitrogens with zero attached hydrogens (tertiary/aromatic N) is 2. The zero-order valence-electron chi connectivity index (χ0n) is 10.7. The average Bonchev–Trinajstić information content (AvgIpc) is 2.61. The first kappa shape index (κ1) is 13.5. The summed E-state index contributed by atoms with van der Waals surface area (Å²) in [6.45, 7) is 3.52. The number of nitrogens with one attached hydrogen (secondary N) is 1. The zero-order chi connectivity index (χ0) is 14.0. The predicted molar refractivity (Wildman–Crippen MR) is 73.1 cm³/mol. The van der Waals surface area contributed by atoms with Crippen molar-refractivity contribution < 1.29 is 9.59 Å². The van der Waals surface area contributed by atoms with E-state index in [1.54, 1.807) is 31.2 Å². The van der Waals surface area contributed by atoms with Crippen LogP contribution in [0.4, 0.5) is 4.79 Å². The number of imide groups is 1. The van der Waals surface area contributed by atoms with E-state index in [1.807, 2.05) is 6.92 Å². The van der Waals surface area contributed by atoms with Gasteiger partial charge in [-0.3, -0.25) is 4.79 Å². The lowest BCUT2D eigenvalue weighted by molar-refractivity contribution is -0.130. The van der Waals surface area contributed by atoms with E-state index in [2.05, 4.69) is 10.4 Å². The molecular weight excluding hydrogens is 266 g/mol. The van der Waals surface area contributed by atoms with Gasteiger partial charge in [-0.05, 0) is 31.0 Å². The van der Waals surface area contributed by atoms with E-state index in [1.165, 1.54) is 6.21 Å². The van der Waals surface area contributed by atoms with Crippen LogP contribution in [0, 0.1) is 0 Å². The highest BCUT2D eigenvalue weighted by molar-refractivity contribution is 6.30. The van der Waals surface area contributed by atoms with Gasteiger partial charge in [-0.2, -0.15) is 5.10 Å². The molecule has 1 saturated heterocycles. The fourth-order valence-corrected chi connectivity index (χ4v) is 1.81. The van der Waals surface area contributed by atoms with Gasteiger partial charge >= 0.3 is 6.03 Å². The van der Waals surface area contributed by atoms with Crippen molar-refractivity contribution in [2.75, 3.05) is 0 Å². The van der Waals surface area contributed by atoms with Gasteiger partial charge in [0.1, 0.15) is 5.54 Å². The lowest BCUT2D eigenvalue weighted by Gasteiger charge is -2.17. The number of carbonyl (C=O) groups is 2. The molecule has 3 amide bonds. The summed E-state index contributed by atoms with van der Waals surface area (Å²) in [5, 5.41) is 8.04. The topological polar surface area (TPSA) is 61.8 Å². The van der Waals surface area contributed by atoms with E-state index in [9.17, 15) is 9.59 Å². The van der Waals surface area contributed by atoms with Crippen molar-refractivity contribution >= 4 is 29.8 Å². The van der Waals surface area contributed by atoms with E-state index in [0.717, 1.165) is 10.6 Å². The van der Waals surface area contributed by atoms with Crippen LogP contribution in [0.5, 0.6) is 0 Å². The highest BCUT2D eigenvalue weighted by Gasteiger charge is 2.46. The average molecular weight is 280 g/mol. The van der Waals surface area contributed by atoms with Crippen molar-refractivity contribution in [3.05, 3.63) is 34.9 Å². The van der Waals surface area contributed by atoms with Crippen molar-refractivity contribution in [3.8, 4) is 0 Å². The monoisotopic (exact) mass is 279 g/mol. The Bertz CT molecular complexity index is 541. The van der Waals surface area contributed by atoms with Crippen LogP contribution in [0.25, 0.3) is 0 Å². The van der Waals surface area contributed by atoms with Crippen molar-refractivity contribution in [2.45, 2.75) is 25.8 Å². The largest absolute Gasteiger partial charge is 0.346 e. The fraction of sp³-hybridized carbons (Fsp3) is 0.308. The van der Waals surface area contributed by atoms with Gasteiger partial charge in [0.05, 0.1) is 6.21 Å². The molecule has 0 aromatic heterocycles. The Balaban J connectivity index is 2.17. The molecule has 1 aromatic carbocycles. The molecule has 100 valence electrons. The molecule has 0 saturated carbocycles. The van der Waals surface area contributed by atoms with Crippen LogP contribution in [-0.2, 0) is 4.79 Å². The standard InChI is InChI=1S/C13H14ClN3O2/c1-3-13(2)11(18)17(12(19)16-13)15-8-9-4-6-10(14)7-5-9/h4-8H,3H2,1-2H3,(H,16,19)/b15-8-/t13-/m0/s1. The molecular formula is C13H14ClN3O2. The third kappa shape index (κ3) is 2.61. The van der Waals surface area contributed by atoms with Crippen LogP contribution in [0.1, 0.15) is 25.8 Å². The molecule has 1 N–H and O–H groups in total. The van der Waals surface area contributed by atoms with E-state index in [-0.39, 0.29) is 5.91 Å². The second-order valence-corrected chi connectivity index (χ2v) is 4.97. The van der Waals surface area contributed by atoms with Crippen LogP contribution < -0.4 is 5.32 Å². The second-order valence-electron chi connectivity index (χ2n) is 4.53. The number of hydrogen-bond acceptors (Lipinski definition) is 3. The number of halogens is 1. The van der Waals surface area contributed by atoms with Crippen LogP contribution in [0.2, 0.25) is 5.02 Å². The number of hydrazone groups is 1. The first-order valence-corrected chi connectivity index (χ1v) is 6.30. The molecule has 0 unspecified atom stereocenters. The fourth-order valence-electron chi connectivity index (χ4n) is 1.69. The first-order valence-electron chi connectivity index (χ1n) is 5.92. The molecule has 1 fully saturated rings. The van der Waals surface area contributed by atoms with Crippen molar-refractivity contribution in [2.24, 2.45) is 5.10 Å². The van der Waals surface area contributed by atoms with E-state index in [0.29, 0.717) is 11.4 Å².